The van der Waals surface area contributed by atoms with Crippen molar-refractivity contribution in [1.82, 2.24) is 5.32 Å². The normalized spacial score (nSPS) is 15.6. The molecule has 2 N–H and O–H groups in total. The number of hydrogen-bond donors (Lipinski definition) is 2. The van der Waals surface area contributed by atoms with E-state index < -0.39 is 10.1 Å². The van der Waals surface area contributed by atoms with Crippen LogP contribution in [0, 0.1) is 0 Å². The summed E-state index contributed by atoms with van der Waals surface area (Å²) in [6.45, 7) is 1.20. The van der Waals surface area contributed by atoms with Crippen molar-refractivity contribution in [2.45, 2.75) is 114 Å². The predicted octanol–water partition coefficient (Wildman–Crippen LogP) is 6.30. The molecule has 1 aliphatic rings. The second-order valence-electron chi connectivity index (χ2n) is 8.66. The molecule has 0 saturated heterocycles. The molecule has 0 spiro atoms. The van der Waals surface area contributed by atoms with Gasteiger partial charge in [-0.15, -0.1) is 0 Å². The number of rotatable bonds is 15. The number of hydrogen-bond acceptors (Lipinski definition) is 3. The number of nitrogens with one attached hydrogen (secondary N) is 1. The Labute approximate surface area is 178 Å². The van der Waals surface area contributed by atoms with Gasteiger partial charge >= 0.3 is 0 Å². The topological polar surface area (TPSA) is 66.4 Å². The van der Waals surface area contributed by atoms with Gasteiger partial charge in [0.1, 0.15) is 0 Å². The summed E-state index contributed by atoms with van der Waals surface area (Å²) >= 11 is 0. The van der Waals surface area contributed by atoms with Gasteiger partial charge < -0.3 is 5.32 Å². The maximum atomic E-state index is 11.4. The van der Waals surface area contributed by atoms with Crippen molar-refractivity contribution in [3.8, 4) is 0 Å². The van der Waals surface area contributed by atoms with Crippen LogP contribution in [-0.2, 0) is 16.5 Å². The Bertz CT molecular complexity index is 654. The van der Waals surface area contributed by atoms with Crippen LogP contribution in [0.5, 0.6) is 0 Å². The van der Waals surface area contributed by atoms with Gasteiger partial charge in [-0.3, -0.25) is 4.55 Å². The molecule has 166 valence electrons. The van der Waals surface area contributed by atoms with Crippen molar-refractivity contribution in [3.05, 3.63) is 29.8 Å². The number of aryl methyl sites for hydroxylation is 1. The summed E-state index contributed by atoms with van der Waals surface area (Å²) < 4.78 is 32.1. The molecule has 0 aromatic heterocycles. The summed E-state index contributed by atoms with van der Waals surface area (Å²) in [5.41, 5.74) is 0.730. The lowest BCUT2D eigenvalue weighted by Crippen LogP contribution is -2.31. The van der Waals surface area contributed by atoms with Gasteiger partial charge in [0.05, 0.1) is 4.90 Å². The minimum atomic E-state index is -4.11. The van der Waals surface area contributed by atoms with Crippen LogP contribution in [0.25, 0.3) is 0 Å². The monoisotopic (exact) mass is 423 g/mol. The maximum Gasteiger partial charge on any atom is 0.294 e. The Balaban J connectivity index is 1.38. The fraction of sp³-hybridized carbons (Fsp3) is 0.750. The summed E-state index contributed by atoms with van der Waals surface area (Å²) in [4.78, 5) is 0.0638. The zero-order chi connectivity index (χ0) is 20.8. The fourth-order valence-corrected chi connectivity index (χ4v) is 5.18. The lowest BCUT2D eigenvalue weighted by Gasteiger charge is -2.22. The Morgan fingerprint density at radius 3 is 1.97 bits per heavy atom. The van der Waals surface area contributed by atoms with Gasteiger partial charge in [0, 0.05) is 6.04 Å². The van der Waals surface area contributed by atoms with Gasteiger partial charge in [-0.05, 0) is 50.3 Å². The van der Waals surface area contributed by atoms with Crippen LogP contribution >= 0.6 is 0 Å². The standard InChI is InChI=1S/C24H41NO3S/c26-29(27,28)24-20-14-13-17-22(24)16-10-7-5-3-1-2-4-6-8-15-21-25-23-18-11-9-12-19-23/h13-14,17,20,23,25H,1-12,15-16,18-19,21H2,(H,26,27,28). The van der Waals surface area contributed by atoms with Crippen LogP contribution in [0.1, 0.15) is 102 Å². The van der Waals surface area contributed by atoms with E-state index in [-0.39, 0.29) is 4.90 Å². The molecule has 2 rings (SSSR count). The van der Waals surface area contributed by atoms with E-state index in [9.17, 15) is 13.0 Å². The van der Waals surface area contributed by atoms with E-state index >= 15 is 0 Å². The molecule has 0 atom stereocenters. The molecule has 0 unspecified atom stereocenters. The van der Waals surface area contributed by atoms with E-state index in [1.165, 1.54) is 96.1 Å². The first-order valence-electron chi connectivity index (χ1n) is 11.9. The van der Waals surface area contributed by atoms with Gasteiger partial charge in [-0.1, -0.05) is 88.8 Å². The van der Waals surface area contributed by atoms with Crippen LogP contribution in [0.3, 0.4) is 0 Å². The van der Waals surface area contributed by atoms with Crippen molar-refractivity contribution in [3.63, 3.8) is 0 Å². The van der Waals surface area contributed by atoms with Crippen LogP contribution in [-0.4, -0.2) is 25.6 Å². The van der Waals surface area contributed by atoms with E-state index in [2.05, 4.69) is 5.32 Å². The van der Waals surface area contributed by atoms with E-state index in [1.54, 1.807) is 12.1 Å². The van der Waals surface area contributed by atoms with Crippen LogP contribution in [0.4, 0.5) is 0 Å². The molecule has 1 fully saturated rings. The van der Waals surface area contributed by atoms with Crippen molar-refractivity contribution < 1.29 is 13.0 Å². The summed E-state index contributed by atoms with van der Waals surface area (Å²) in [5.74, 6) is 0. The second-order valence-corrected chi connectivity index (χ2v) is 10.0. The summed E-state index contributed by atoms with van der Waals surface area (Å²) in [6.07, 6.45) is 20.3. The Hall–Kier alpha value is -0.910. The minimum Gasteiger partial charge on any atom is -0.314 e. The van der Waals surface area contributed by atoms with E-state index in [0.29, 0.717) is 6.42 Å². The molecule has 0 amide bonds. The Morgan fingerprint density at radius 2 is 1.34 bits per heavy atom. The van der Waals surface area contributed by atoms with Crippen LogP contribution in [0.2, 0.25) is 0 Å². The lowest BCUT2D eigenvalue weighted by molar-refractivity contribution is 0.369. The van der Waals surface area contributed by atoms with Gasteiger partial charge in [0.15, 0.2) is 0 Å². The molecule has 1 aromatic rings. The van der Waals surface area contributed by atoms with E-state index in [0.717, 1.165) is 24.4 Å². The quantitative estimate of drug-likeness (QED) is 0.257. The largest absolute Gasteiger partial charge is 0.314 e. The zero-order valence-electron chi connectivity index (χ0n) is 18.1. The lowest BCUT2D eigenvalue weighted by atomic mass is 9.95. The fourth-order valence-electron chi connectivity index (χ4n) is 4.43. The highest BCUT2D eigenvalue weighted by Crippen LogP contribution is 2.19. The molecule has 0 radical (unpaired) electrons. The second kappa shape index (κ2) is 14.2. The Kier molecular flexibility index (Phi) is 11.9. The highest BCUT2D eigenvalue weighted by Gasteiger charge is 2.14. The predicted molar refractivity (Wildman–Crippen MR) is 121 cm³/mol. The molecule has 0 aliphatic heterocycles. The van der Waals surface area contributed by atoms with Gasteiger partial charge in [0.25, 0.3) is 10.1 Å². The molecule has 0 heterocycles. The number of unbranched alkanes of at least 4 members (excludes halogenated alkanes) is 9. The van der Waals surface area contributed by atoms with Crippen LogP contribution < -0.4 is 5.32 Å². The Morgan fingerprint density at radius 1 is 0.793 bits per heavy atom. The first-order valence-corrected chi connectivity index (χ1v) is 13.3. The van der Waals surface area contributed by atoms with E-state index in [1.807, 2.05) is 6.07 Å². The maximum absolute atomic E-state index is 11.4. The number of benzene rings is 1. The third-order valence-electron chi connectivity index (χ3n) is 6.16. The summed E-state index contributed by atoms with van der Waals surface area (Å²) in [5, 5.41) is 3.73. The smallest absolute Gasteiger partial charge is 0.294 e. The third-order valence-corrected chi connectivity index (χ3v) is 7.12. The zero-order valence-corrected chi connectivity index (χ0v) is 18.9. The highest BCUT2D eigenvalue weighted by molar-refractivity contribution is 7.85. The summed E-state index contributed by atoms with van der Waals surface area (Å²) in [7, 11) is -4.11. The van der Waals surface area contributed by atoms with Crippen molar-refractivity contribution in [1.29, 1.82) is 0 Å². The molecule has 4 nitrogen and oxygen atoms in total. The summed E-state index contributed by atoms with van der Waals surface area (Å²) in [6, 6.07) is 7.56. The van der Waals surface area contributed by atoms with Gasteiger partial charge in [-0.2, -0.15) is 8.42 Å². The molecule has 0 bridgehead atoms. The van der Waals surface area contributed by atoms with Crippen molar-refractivity contribution >= 4 is 10.1 Å². The molecule has 1 saturated carbocycles. The molecule has 1 aliphatic carbocycles. The molecular weight excluding hydrogens is 382 g/mol. The average molecular weight is 424 g/mol. The van der Waals surface area contributed by atoms with Crippen molar-refractivity contribution in [2.24, 2.45) is 0 Å². The van der Waals surface area contributed by atoms with Gasteiger partial charge in [-0.25, -0.2) is 0 Å². The molecule has 1 aromatic carbocycles. The molecular formula is C24H41NO3S. The first-order chi connectivity index (χ1) is 14.1. The van der Waals surface area contributed by atoms with Crippen molar-refractivity contribution in [2.75, 3.05) is 6.54 Å². The van der Waals surface area contributed by atoms with E-state index in [4.69, 9.17) is 0 Å². The average Bonchev–Trinajstić information content (AvgIpc) is 2.72. The SMILES string of the molecule is O=S(=O)(O)c1ccccc1CCCCCCCCCCCCNC1CCCCC1. The van der Waals surface area contributed by atoms with Crippen LogP contribution in [0.15, 0.2) is 29.2 Å². The third kappa shape index (κ3) is 10.6. The highest BCUT2D eigenvalue weighted by atomic mass is 32.2. The molecule has 5 heteroatoms. The first kappa shape index (κ1) is 24.4. The minimum absolute atomic E-state index is 0.0638. The molecule has 29 heavy (non-hydrogen) atoms. The van der Waals surface area contributed by atoms with Gasteiger partial charge in [0.2, 0.25) is 0 Å².